The summed E-state index contributed by atoms with van der Waals surface area (Å²) in [6.07, 6.45) is -4.65. The maximum Gasteiger partial charge on any atom is 0.416 e. The number of sulfonamides is 1. The number of benzene rings is 4. The zero-order chi connectivity index (χ0) is 31.9. The van der Waals surface area contributed by atoms with Crippen molar-refractivity contribution in [3.8, 4) is 0 Å². The molecule has 1 N–H and O–H groups in total. The fraction of sp³-hybridized carbons (Fsp3) is 0.188. The van der Waals surface area contributed by atoms with E-state index in [1.807, 2.05) is 6.07 Å². The molecule has 0 aliphatic heterocycles. The minimum Gasteiger partial charge on any atom is -0.357 e. The van der Waals surface area contributed by atoms with E-state index >= 15 is 0 Å². The predicted molar refractivity (Wildman–Crippen MR) is 165 cm³/mol. The number of carbonyl (C=O) groups excluding carboxylic acids is 2. The van der Waals surface area contributed by atoms with Crippen LogP contribution in [-0.4, -0.2) is 44.8 Å². The third kappa shape index (κ3) is 8.06. The van der Waals surface area contributed by atoms with Crippen molar-refractivity contribution in [1.29, 1.82) is 0 Å². The Kier molecular flexibility index (Phi) is 10.5. The third-order valence-electron chi connectivity index (χ3n) is 6.86. The first-order chi connectivity index (χ1) is 20.9. The molecule has 0 spiro atoms. The number of hydrogen-bond acceptors (Lipinski definition) is 4. The summed E-state index contributed by atoms with van der Waals surface area (Å²) in [5, 5.41) is 2.58. The maximum atomic E-state index is 14.2. The quantitative estimate of drug-likeness (QED) is 0.208. The summed E-state index contributed by atoms with van der Waals surface area (Å²) >= 11 is 3.37. The Morgan fingerprint density at radius 2 is 1.45 bits per heavy atom. The molecule has 0 saturated heterocycles. The van der Waals surface area contributed by atoms with Crippen LogP contribution in [0.5, 0.6) is 0 Å². The highest BCUT2D eigenvalue weighted by Crippen LogP contribution is 2.33. The summed E-state index contributed by atoms with van der Waals surface area (Å²) in [5.74, 6) is -1.27. The summed E-state index contributed by atoms with van der Waals surface area (Å²) in [6, 6.07) is 25.9. The van der Waals surface area contributed by atoms with Crippen molar-refractivity contribution in [2.75, 3.05) is 17.9 Å². The monoisotopic (exact) mass is 687 g/mol. The SMILES string of the molecule is CNC(=O)C(Cc1ccccc1)N(Cc1ccc(Br)cc1)C(=O)CN(c1cccc(C(F)(F)F)c1)S(=O)(=O)c1ccccc1. The van der Waals surface area contributed by atoms with Gasteiger partial charge in [-0.2, -0.15) is 13.2 Å². The van der Waals surface area contributed by atoms with E-state index in [4.69, 9.17) is 0 Å². The van der Waals surface area contributed by atoms with Crippen molar-refractivity contribution >= 4 is 43.5 Å². The Bertz CT molecular complexity index is 1690. The molecule has 44 heavy (non-hydrogen) atoms. The van der Waals surface area contributed by atoms with Gasteiger partial charge in [-0.1, -0.05) is 82.7 Å². The van der Waals surface area contributed by atoms with E-state index in [9.17, 15) is 31.2 Å². The third-order valence-corrected chi connectivity index (χ3v) is 9.17. The molecule has 0 aromatic heterocycles. The molecule has 230 valence electrons. The van der Waals surface area contributed by atoms with Crippen molar-refractivity contribution in [1.82, 2.24) is 10.2 Å². The average Bonchev–Trinajstić information content (AvgIpc) is 3.02. The Balaban J connectivity index is 1.81. The van der Waals surface area contributed by atoms with Crippen LogP contribution in [0.15, 0.2) is 119 Å². The fourth-order valence-corrected chi connectivity index (χ4v) is 6.28. The lowest BCUT2D eigenvalue weighted by Crippen LogP contribution is -2.53. The van der Waals surface area contributed by atoms with E-state index in [0.29, 0.717) is 15.9 Å². The molecular formula is C32H29BrF3N3O4S. The minimum atomic E-state index is -4.75. The molecule has 1 atom stereocenters. The minimum absolute atomic E-state index is 0.0706. The number of likely N-dealkylation sites (N-methyl/N-ethyl adjacent to an activating group) is 1. The van der Waals surface area contributed by atoms with E-state index in [1.54, 1.807) is 54.6 Å². The number of nitrogens with one attached hydrogen (secondary N) is 1. The number of nitrogens with zero attached hydrogens (tertiary/aromatic N) is 2. The molecule has 4 rings (SSSR count). The first kappa shape index (κ1) is 32.7. The lowest BCUT2D eigenvalue weighted by Gasteiger charge is -2.33. The molecule has 0 aliphatic rings. The number of rotatable bonds is 11. The van der Waals surface area contributed by atoms with Crippen molar-refractivity contribution in [2.45, 2.75) is 30.1 Å². The number of hydrogen-bond donors (Lipinski definition) is 1. The second-order valence-corrected chi connectivity index (χ2v) is 12.6. The molecule has 0 saturated carbocycles. The van der Waals surface area contributed by atoms with E-state index in [1.165, 1.54) is 42.3 Å². The van der Waals surface area contributed by atoms with Crippen LogP contribution >= 0.6 is 15.9 Å². The van der Waals surface area contributed by atoms with E-state index in [-0.39, 0.29) is 23.5 Å². The zero-order valence-corrected chi connectivity index (χ0v) is 25.9. The molecule has 0 bridgehead atoms. The summed E-state index contributed by atoms with van der Waals surface area (Å²) in [4.78, 5) is 28.5. The number of halogens is 4. The number of alkyl halides is 3. The fourth-order valence-electron chi connectivity index (χ4n) is 4.59. The van der Waals surface area contributed by atoms with E-state index in [0.717, 1.165) is 22.2 Å². The molecule has 12 heteroatoms. The van der Waals surface area contributed by atoms with Gasteiger partial charge in [-0.3, -0.25) is 13.9 Å². The number of carbonyl (C=O) groups is 2. The highest BCUT2D eigenvalue weighted by atomic mass is 79.9. The summed E-state index contributed by atoms with van der Waals surface area (Å²) in [7, 11) is -3.09. The molecule has 4 aromatic rings. The molecular weight excluding hydrogens is 659 g/mol. The summed E-state index contributed by atoms with van der Waals surface area (Å²) in [6.45, 7) is -0.934. The van der Waals surface area contributed by atoms with Crippen LogP contribution in [-0.2, 0) is 38.8 Å². The van der Waals surface area contributed by atoms with Gasteiger partial charge < -0.3 is 10.2 Å². The average molecular weight is 689 g/mol. The number of amides is 2. The zero-order valence-electron chi connectivity index (χ0n) is 23.5. The normalized spacial score (nSPS) is 12.3. The molecule has 0 radical (unpaired) electrons. The van der Waals surface area contributed by atoms with Gasteiger partial charge in [0.05, 0.1) is 16.1 Å². The highest BCUT2D eigenvalue weighted by Gasteiger charge is 2.36. The van der Waals surface area contributed by atoms with Crippen LogP contribution in [0.2, 0.25) is 0 Å². The first-order valence-corrected chi connectivity index (χ1v) is 15.7. The lowest BCUT2D eigenvalue weighted by molar-refractivity contribution is -0.139. The van der Waals surface area contributed by atoms with Gasteiger partial charge in [0.15, 0.2) is 0 Å². The second kappa shape index (κ2) is 14.1. The van der Waals surface area contributed by atoms with Gasteiger partial charge in [-0.25, -0.2) is 8.42 Å². The van der Waals surface area contributed by atoms with Crippen LogP contribution in [0.1, 0.15) is 16.7 Å². The van der Waals surface area contributed by atoms with Crippen LogP contribution in [0, 0.1) is 0 Å². The molecule has 1 unspecified atom stereocenters. The summed E-state index contributed by atoms with van der Waals surface area (Å²) in [5.41, 5.74) is -0.0173. The lowest BCUT2D eigenvalue weighted by atomic mass is 10.0. The van der Waals surface area contributed by atoms with Crippen molar-refractivity contribution in [2.24, 2.45) is 0 Å². The smallest absolute Gasteiger partial charge is 0.357 e. The Morgan fingerprint density at radius 1 is 0.841 bits per heavy atom. The van der Waals surface area contributed by atoms with Gasteiger partial charge in [0.25, 0.3) is 10.0 Å². The van der Waals surface area contributed by atoms with Gasteiger partial charge >= 0.3 is 6.18 Å². The van der Waals surface area contributed by atoms with Crippen molar-refractivity contribution in [3.63, 3.8) is 0 Å². The van der Waals surface area contributed by atoms with E-state index in [2.05, 4.69) is 21.2 Å². The molecule has 2 amide bonds. The van der Waals surface area contributed by atoms with Crippen molar-refractivity contribution < 1.29 is 31.2 Å². The molecule has 0 heterocycles. The molecule has 0 aliphatic carbocycles. The van der Waals surface area contributed by atoms with Gasteiger partial charge in [-0.15, -0.1) is 0 Å². The predicted octanol–water partition coefficient (Wildman–Crippen LogP) is 6.05. The standard InChI is InChI=1S/C32H29BrF3N3O4S/c1-37-31(41)29(19-23-9-4-2-5-10-23)38(21-24-15-17-26(33)18-16-24)30(40)22-39(44(42,43)28-13-6-3-7-14-28)27-12-8-11-25(20-27)32(34,35)36/h2-18,20,29H,19,21-22H2,1H3,(H,37,41). The topological polar surface area (TPSA) is 86.8 Å². The van der Waals surface area contributed by atoms with Crippen LogP contribution in [0.25, 0.3) is 0 Å². The largest absolute Gasteiger partial charge is 0.416 e. The molecule has 7 nitrogen and oxygen atoms in total. The van der Waals surface area contributed by atoms with Crippen LogP contribution in [0.3, 0.4) is 0 Å². The molecule has 4 aromatic carbocycles. The van der Waals surface area contributed by atoms with Gasteiger partial charge in [-0.05, 0) is 53.6 Å². The van der Waals surface area contributed by atoms with Crippen LogP contribution in [0.4, 0.5) is 18.9 Å². The van der Waals surface area contributed by atoms with Crippen molar-refractivity contribution in [3.05, 3.63) is 130 Å². The Labute approximate surface area is 262 Å². The summed E-state index contributed by atoms with van der Waals surface area (Å²) < 4.78 is 70.2. The van der Waals surface area contributed by atoms with Gasteiger partial charge in [0, 0.05) is 24.5 Å². The maximum absolute atomic E-state index is 14.2. The van der Waals surface area contributed by atoms with Crippen LogP contribution < -0.4 is 9.62 Å². The highest BCUT2D eigenvalue weighted by molar-refractivity contribution is 9.10. The molecule has 0 fully saturated rings. The van der Waals surface area contributed by atoms with E-state index < -0.39 is 46.2 Å². The number of anilines is 1. The Hall–Kier alpha value is -4.16. The Morgan fingerprint density at radius 3 is 2.05 bits per heavy atom. The van der Waals surface area contributed by atoms with Gasteiger partial charge in [0.2, 0.25) is 11.8 Å². The first-order valence-electron chi connectivity index (χ1n) is 13.4. The second-order valence-electron chi connectivity index (χ2n) is 9.84. The van der Waals surface area contributed by atoms with Gasteiger partial charge in [0.1, 0.15) is 12.6 Å².